The van der Waals surface area contributed by atoms with Crippen molar-refractivity contribution in [2.24, 2.45) is 10.4 Å². The smallest absolute Gasteiger partial charge is 0.316 e. The number of amides is 2. The van der Waals surface area contributed by atoms with E-state index in [-0.39, 0.29) is 12.4 Å². The SMILES string of the molecule is CC1=NC(NC(=O)C(C)(C)C)(C(F)(F)F)C(=O)N1Cc1ccccc1. The van der Waals surface area contributed by atoms with Crippen LogP contribution < -0.4 is 5.32 Å². The molecule has 1 atom stereocenters. The Hall–Kier alpha value is -2.38. The Morgan fingerprint density at radius 1 is 1.20 bits per heavy atom. The zero-order valence-electron chi connectivity index (χ0n) is 14.4. The molecule has 1 N–H and O–H groups in total. The summed E-state index contributed by atoms with van der Waals surface area (Å²) in [4.78, 5) is 29.2. The summed E-state index contributed by atoms with van der Waals surface area (Å²) in [5.74, 6) is -2.31. The van der Waals surface area contributed by atoms with E-state index in [0.717, 1.165) is 4.90 Å². The Morgan fingerprint density at radius 2 is 1.76 bits per heavy atom. The molecular formula is C17H20F3N3O2. The van der Waals surface area contributed by atoms with Crippen LogP contribution in [0.15, 0.2) is 35.3 Å². The quantitative estimate of drug-likeness (QED) is 0.906. The van der Waals surface area contributed by atoms with E-state index in [0.29, 0.717) is 5.56 Å². The van der Waals surface area contributed by atoms with Gasteiger partial charge in [0.2, 0.25) is 5.91 Å². The van der Waals surface area contributed by atoms with Gasteiger partial charge in [0.1, 0.15) is 5.84 Å². The van der Waals surface area contributed by atoms with Crippen LogP contribution in [0, 0.1) is 5.41 Å². The van der Waals surface area contributed by atoms with Crippen LogP contribution >= 0.6 is 0 Å². The number of alkyl halides is 3. The minimum atomic E-state index is -5.06. The van der Waals surface area contributed by atoms with Crippen LogP contribution in [-0.2, 0) is 16.1 Å². The number of hydrogen-bond donors (Lipinski definition) is 1. The standard InChI is InChI=1S/C17H20F3N3O2/c1-11-21-16(17(18,19)20,22-13(24)15(2,3)4)14(25)23(11)10-12-8-6-5-7-9-12/h5-9H,10H2,1-4H3,(H,22,24). The van der Waals surface area contributed by atoms with E-state index in [1.54, 1.807) is 30.3 Å². The number of carbonyl (C=O) groups excluding carboxylic acids is 2. The summed E-state index contributed by atoms with van der Waals surface area (Å²) in [5.41, 5.74) is -3.73. The average Bonchev–Trinajstić information content (AvgIpc) is 2.72. The van der Waals surface area contributed by atoms with Crippen LogP contribution in [0.1, 0.15) is 33.3 Å². The summed E-state index contributed by atoms with van der Waals surface area (Å²) in [7, 11) is 0. The molecule has 1 aliphatic rings. The molecule has 2 rings (SSSR count). The molecule has 0 aromatic heterocycles. The van der Waals surface area contributed by atoms with Crippen LogP contribution in [0.25, 0.3) is 0 Å². The lowest BCUT2D eigenvalue weighted by molar-refractivity contribution is -0.201. The first-order valence-electron chi connectivity index (χ1n) is 7.70. The van der Waals surface area contributed by atoms with Gasteiger partial charge in [0.25, 0.3) is 5.91 Å². The number of aliphatic imine (C=N–C) groups is 1. The summed E-state index contributed by atoms with van der Waals surface area (Å²) in [6.07, 6.45) is -5.06. The van der Waals surface area contributed by atoms with Crippen LogP contribution in [0.2, 0.25) is 0 Å². The van der Waals surface area contributed by atoms with Crippen molar-refractivity contribution in [2.75, 3.05) is 0 Å². The zero-order valence-corrected chi connectivity index (χ0v) is 14.4. The van der Waals surface area contributed by atoms with Crippen molar-refractivity contribution in [3.05, 3.63) is 35.9 Å². The highest BCUT2D eigenvalue weighted by molar-refractivity contribution is 6.09. The third-order valence-electron chi connectivity index (χ3n) is 3.84. The number of nitrogens with one attached hydrogen (secondary N) is 1. The molecule has 0 fully saturated rings. The van der Waals surface area contributed by atoms with Gasteiger partial charge in [0.15, 0.2) is 0 Å². The van der Waals surface area contributed by atoms with Crippen LogP contribution in [-0.4, -0.2) is 34.4 Å². The maximum absolute atomic E-state index is 13.7. The Balaban J connectivity index is 2.39. The molecule has 0 saturated carbocycles. The Morgan fingerprint density at radius 3 is 2.24 bits per heavy atom. The van der Waals surface area contributed by atoms with E-state index in [1.807, 2.05) is 5.32 Å². The number of carbonyl (C=O) groups is 2. The second kappa shape index (κ2) is 6.16. The van der Waals surface area contributed by atoms with Gasteiger partial charge in [-0.1, -0.05) is 51.1 Å². The second-order valence-corrected chi connectivity index (χ2v) is 6.95. The van der Waals surface area contributed by atoms with E-state index in [2.05, 4.69) is 4.99 Å². The van der Waals surface area contributed by atoms with Crippen molar-refractivity contribution >= 4 is 17.6 Å². The van der Waals surface area contributed by atoms with Crippen molar-refractivity contribution in [1.29, 1.82) is 0 Å². The van der Waals surface area contributed by atoms with Gasteiger partial charge in [0, 0.05) is 5.41 Å². The average molecular weight is 355 g/mol. The van der Waals surface area contributed by atoms with Gasteiger partial charge in [-0.2, -0.15) is 13.2 Å². The molecule has 1 unspecified atom stereocenters. The largest absolute Gasteiger partial charge is 0.442 e. The molecule has 136 valence electrons. The van der Waals surface area contributed by atoms with Crippen molar-refractivity contribution < 1.29 is 22.8 Å². The minimum absolute atomic E-state index is 0.0573. The topological polar surface area (TPSA) is 61.8 Å². The first kappa shape index (κ1) is 19.0. The molecule has 5 nitrogen and oxygen atoms in total. The lowest BCUT2D eigenvalue weighted by Crippen LogP contribution is -2.64. The van der Waals surface area contributed by atoms with Gasteiger partial charge in [-0.15, -0.1) is 0 Å². The number of halogens is 3. The van der Waals surface area contributed by atoms with Gasteiger partial charge in [-0.3, -0.25) is 14.5 Å². The summed E-state index contributed by atoms with van der Waals surface area (Å²) in [6, 6.07) is 8.60. The van der Waals surface area contributed by atoms with Crippen molar-refractivity contribution in [3.63, 3.8) is 0 Å². The van der Waals surface area contributed by atoms with Crippen molar-refractivity contribution in [2.45, 2.75) is 46.1 Å². The summed E-state index contributed by atoms with van der Waals surface area (Å²) >= 11 is 0. The summed E-state index contributed by atoms with van der Waals surface area (Å²) in [5, 5.41) is 1.83. The third-order valence-corrected chi connectivity index (χ3v) is 3.84. The highest BCUT2D eigenvalue weighted by atomic mass is 19.4. The van der Waals surface area contributed by atoms with E-state index < -0.39 is 29.1 Å². The summed E-state index contributed by atoms with van der Waals surface area (Å²) in [6.45, 7) is 5.65. The first-order valence-corrected chi connectivity index (χ1v) is 7.70. The Bertz CT molecular complexity index is 708. The van der Waals surface area contributed by atoms with Crippen LogP contribution in [0.3, 0.4) is 0 Å². The molecule has 8 heteroatoms. The molecule has 0 spiro atoms. The fourth-order valence-electron chi connectivity index (χ4n) is 2.33. The zero-order chi connectivity index (χ0) is 19.0. The number of hydrogen-bond acceptors (Lipinski definition) is 3. The normalized spacial score (nSPS) is 21.3. The molecule has 0 bridgehead atoms. The van der Waals surface area contributed by atoms with Gasteiger partial charge in [-0.05, 0) is 12.5 Å². The minimum Gasteiger partial charge on any atom is -0.316 e. The molecule has 2 amide bonds. The number of amidine groups is 1. The molecule has 25 heavy (non-hydrogen) atoms. The first-order chi connectivity index (χ1) is 11.4. The highest BCUT2D eigenvalue weighted by Gasteiger charge is 2.66. The van der Waals surface area contributed by atoms with Crippen molar-refractivity contribution in [1.82, 2.24) is 10.2 Å². The maximum atomic E-state index is 13.7. The fraction of sp³-hybridized carbons (Fsp3) is 0.471. The lowest BCUT2D eigenvalue weighted by atomic mass is 9.94. The second-order valence-electron chi connectivity index (χ2n) is 6.95. The number of nitrogens with zero attached hydrogens (tertiary/aromatic N) is 2. The fourth-order valence-corrected chi connectivity index (χ4v) is 2.33. The molecule has 0 radical (unpaired) electrons. The monoisotopic (exact) mass is 355 g/mol. The van der Waals surface area contributed by atoms with E-state index in [4.69, 9.17) is 0 Å². The molecule has 0 aliphatic carbocycles. The van der Waals surface area contributed by atoms with Gasteiger partial charge in [0.05, 0.1) is 6.54 Å². The van der Waals surface area contributed by atoms with Crippen LogP contribution in [0.4, 0.5) is 13.2 Å². The van der Waals surface area contributed by atoms with E-state index >= 15 is 0 Å². The maximum Gasteiger partial charge on any atom is 0.442 e. The molecule has 1 aliphatic heterocycles. The summed E-state index contributed by atoms with van der Waals surface area (Å²) < 4.78 is 41.2. The lowest BCUT2D eigenvalue weighted by Gasteiger charge is -2.31. The molecular weight excluding hydrogens is 335 g/mol. The van der Waals surface area contributed by atoms with Crippen molar-refractivity contribution in [3.8, 4) is 0 Å². The third kappa shape index (κ3) is 3.52. The number of rotatable bonds is 3. The molecule has 1 aromatic carbocycles. The Kier molecular flexibility index (Phi) is 4.67. The van der Waals surface area contributed by atoms with E-state index in [1.165, 1.54) is 27.7 Å². The van der Waals surface area contributed by atoms with Gasteiger partial charge >= 0.3 is 11.8 Å². The Labute approximate surface area is 143 Å². The van der Waals surface area contributed by atoms with E-state index in [9.17, 15) is 22.8 Å². The predicted octanol–water partition coefficient (Wildman–Crippen LogP) is 2.87. The van der Waals surface area contributed by atoms with Gasteiger partial charge in [-0.25, -0.2) is 4.99 Å². The van der Waals surface area contributed by atoms with Gasteiger partial charge < -0.3 is 5.32 Å². The molecule has 1 heterocycles. The number of benzene rings is 1. The predicted molar refractivity (Wildman–Crippen MR) is 86.5 cm³/mol. The molecule has 1 aromatic rings. The molecule has 0 saturated heterocycles. The highest BCUT2D eigenvalue weighted by Crippen LogP contribution is 2.38. The van der Waals surface area contributed by atoms with Crippen LogP contribution in [0.5, 0.6) is 0 Å².